The Bertz CT molecular complexity index is 1440. The summed E-state index contributed by atoms with van der Waals surface area (Å²) in [6, 6.07) is 10.9. The lowest BCUT2D eigenvalue weighted by molar-refractivity contribution is 0.0961. The molecule has 0 unspecified atom stereocenters. The van der Waals surface area contributed by atoms with Crippen LogP contribution in [0.3, 0.4) is 0 Å². The van der Waals surface area contributed by atoms with Crippen molar-refractivity contribution < 1.29 is 14.0 Å². The van der Waals surface area contributed by atoms with E-state index in [1.54, 1.807) is 26.1 Å². The number of fused-ring (bicyclic) bond motifs is 1. The Morgan fingerprint density at radius 1 is 1.08 bits per heavy atom. The Morgan fingerprint density at radius 2 is 1.81 bits per heavy atom. The van der Waals surface area contributed by atoms with Crippen molar-refractivity contribution in [1.29, 1.82) is 0 Å². The molecule has 0 atom stereocenters. The summed E-state index contributed by atoms with van der Waals surface area (Å²) < 4.78 is 15.5. The molecule has 2 heterocycles. The molecule has 188 valence electrons. The standard InChI is InChI=1S/C26H28FN5O4/c1-3-31-25(35)22(23(28)32(26(31)36)14-16-9-11-17(27)12-10-16)21(33)15-30-13-5-7-18-19(24(34)29-2)6-4-8-20(18)30/h4,6,8-12H,3,5,7,13-15,28H2,1-2H3,(H,29,34). The van der Waals surface area contributed by atoms with E-state index in [4.69, 9.17) is 5.73 Å². The van der Waals surface area contributed by atoms with Gasteiger partial charge in [-0.25, -0.2) is 9.18 Å². The number of halogens is 1. The Labute approximate surface area is 207 Å². The number of hydrogen-bond acceptors (Lipinski definition) is 6. The van der Waals surface area contributed by atoms with E-state index >= 15 is 0 Å². The minimum absolute atomic E-state index is 0.0203. The molecule has 2 aromatic carbocycles. The van der Waals surface area contributed by atoms with E-state index in [1.807, 2.05) is 11.0 Å². The SMILES string of the molecule is CCn1c(=O)c(C(=O)CN2CCCc3c(C(=O)NC)cccc32)c(N)n(Cc2ccc(F)cc2)c1=O. The molecule has 0 fully saturated rings. The molecule has 1 amide bonds. The first-order valence-electron chi connectivity index (χ1n) is 11.8. The van der Waals surface area contributed by atoms with Gasteiger partial charge in [0.15, 0.2) is 5.78 Å². The Morgan fingerprint density at radius 3 is 2.47 bits per heavy atom. The maximum atomic E-state index is 13.5. The van der Waals surface area contributed by atoms with Gasteiger partial charge in [-0.15, -0.1) is 0 Å². The molecule has 0 bridgehead atoms. The Balaban J connectivity index is 1.73. The molecular formula is C26H28FN5O4. The molecule has 0 saturated carbocycles. The monoisotopic (exact) mass is 493 g/mol. The van der Waals surface area contributed by atoms with Crippen LogP contribution in [0.25, 0.3) is 0 Å². The third-order valence-corrected chi connectivity index (χ3v) is 6.47. The zero-order valence-corrected chi connectivity index (χ0v) is 20.2. The fraction of sp³-hybridized carbons (Fsp3) is 0.308. The fourth-order valence-electron chi connectivity index (χ4n) is 4.65. The molecule has 0 radical (unpaired) electrons. The summed E-state index contributed by atoms with van der Waals surface area (Å²) in [7, 11) is 1.56. The largest absolute Gasteiger partial charge is 0.384 e. The van der Waals surface area contributed by atoms with E-state index < -0.39 is 22.8 Å². The van der Waals surface area contributed by atoms with E-state index in [0.29, 0.717) is 24.1 Å². The Kier molecular flexibility index (Phi) is 7.05. The number of nitrogens with one attached hydrogen (secondary N) is 1. The van der Waals surface area contributed by atoms with Crippen LogP contribution in [0.4, 0.5) is 15.9 Å². The average Bonchev–Trinajstić information content (AvgIpc) is 2.87. The van der Waals surface area contributed by atoms with Crippen LogP contribution in [0.15, 0.2) is 52.1 Å². The highest BCUT2D eigenvalue weighted by molar-refractivity contribution is 6.03. The predicted octanol–water partition coefficient (Wildman–Crippen LogP) is 1.79. The Hall–Kier alpha value is -4.21. The van der Waals surface area contributed by atoms with Gasteiger partial charge in [-0.05, 0) is 55.2 Å². The van der Waals surface area contributed by atoms with Gasteiger partial charge in [0.25, 0.3) is 11.5 Å². The summed E-state index contributed by atoms with van der Waals surface area (Å²) in [5, 5.41) is 2.64. The van der Waals surface area contributed by atoms with Crippen molar-refractivity contribution in [2.75, 3.05) is 30.8 Å². The number of nitrogen functional groups attached to an aromatic ring is 1. The number of amides is 1. The number of anilines is 2. The van der Waals surface area contributed by atoms with E-state index in [2.05, 4.69) is 5.32 Å². The zero-order valence-electron chi connectivity index (χ0n) is 20.2. The van der Waals surface area contributed by atoms with Gasteiger partial charge in [-0.2, -0.15) is 0 Å². The van der Waals surface area contributed by atoms with Crippen LogP contribution in [-0.2, 0) is 19.5 Å². The molecule has 1 aromatic heterocycles. The molecule has 0 saturated heterocycles. The van der Waals surface area contributed by atoms with Crippen LogP contribution in [0, 0.1) is 5.82 Å². The molecule has 1 aliphatic heterocycles. The van der Waals surface area contributed by atoms with Gasteiger partial charge in [0, 0.05) is 31.4 Å². The maximum absolute atomic E-state index is 13.5. The van der Waals surface area contributed by atoms with Crippen LogP contribution in [-0.4, -0.2) is 41.0 Å². The van der Waals surface area contributed by atoms with E-state index in [9.17, 15) is 23.6 Å². The van der Waals surface area contributed by atoms with Crippen LogP contribution >= 0.6 is 0 Å². The molecule has 10 heteroatoms. The second-order valence-electron chi connectivity index (χ2n) is 8.64. The quantitative estimate of drug-likeness (QED) is 0.485. The third kappa shape index (κ3) is 4.53. The van der Waals surface area contributed by atoms with E-state index in [0.717, 1.165) is 22.2 Å². The summed E-state index contributed by atoms with van der Waals surface area (Å²) in [6.45, 7) is 2.10. The number of hydrogen-bond donors (Lipinski definition) is 2. The molecule has 4 rings (SSSR count). The number of Topliss-reactive ketones (excluding diaryl/α,β-unsaturated/α-hetero) is 1. The maximum Gasteiger partial charge on any atom is 0.332 e. The molecule has 36 heavy (non-hydrogen) atoms. The van der Waals surface area contributed by atoms with Gasteiger partial charge in [0.1, 0.15) is 17.2 Å². The highest BCUT2D eigenvalue weighted by atomic mass is 19.1. The van der Waals surface area contributed by atoms with Crippen molar-refractivity contribution in [2.45, 2.75) is 32.9 Å². The molecule has 0 spiro atoms. The van der Waals surface area contributed by atoms with Crippen molar-refractivity contribution in [3.05, 3.63) is 91.4 Å². The van der Waals surface area contributed by atoms with Gasteiger partial charge in [0.2, 0.25) is 0 Å². The lowest BCUT2D eigenvalue weighted by Crippen LogP contribution is -2.45. The van der Waals surface area contributed by atoms with Crippen LogP contribution in [0.5, 0.6) is 0 Å². The number of nitrogens with zero attached hydrogens (tertiary/aromatic N) is 3. The molecule has 3 N–H and O–H groups in total. The van der Waals surface area contributed by atoms with Crippen molar-refractivity contribution in [3.8, 4) is 0 Å². The van der Waals surface area contributed by atoms with Gasteiger partial charge >= 0.3 is 5.69 Å². The summed E-state index contributed by atoms with van der Waals surface area (Å²) >= 11 is 0. The summed E-state index contributed by atoms with van der Waals surface area (Å²) in [5.74, 6) is -1.37. The summed E-state index contributed by atoms with van der Waals surface area (Å²) in [6.07, 6.45) is 1.42. The molecule has 3 aromatic rings. The lowest BCUT2D eigenvalue weighted by Gasteiger charge is -2.32. The molecular weight excluding hydrogens is 465 g/mol. The smallest absolute Gasteiger partial charge is 0.332 e. The number of ketones is 1. The van der Waals surface area contributed by atoms with Crippen molar-refractivity contribution >= 4 is 23.2 Å². The molecule has 1 aliphatic rings. The number of aromatic nitrogens is 2. The number of carbonyl (C=O) groups is 2. The number of benzene rings is 2. The first-order chi connectivity index (χ1) is 17.3. The zero-order chi connectivity index (χ0) is 26.0. The minimum Gasteiger partial charge on any atom is -0.384 e. The fourth-order valence-corrected chi connectivity index (χ4v) is 4.65. The number of nitrogens with two attached hydrogens (primary N) is 1. The average molecular weight is 494 g/mol. The van der Waals surface area contributed by atoms with E-state index in [1.165, 1.54) is 28.8 Å². The highest BCUT2D eigenvalue weighted by Gasteiger charge is 2.27. The second-order valence-corrected chi connectivity index (χ2v) is 8.64. The van der Waals surface area contributed by atoms with Crippen molar-refractivity contribution in [2.24, 2.45) is 0 Å². The summed E-state index contributed by atoms with van der Waals surface area (Å²) in [4.78, 5) is 53.8. The van der Waals surface area contributed by atoms with E-state index in [-0.39, 0.29) is 36.9 Å². The van der Waals surface area contributed by atoms with Crippen molar-refractivity contribution in [1.82, 2.24) is 14.5 Å². The van der Waals surface area contributed by atoms with Gasteiger partial charge in [0.05, 0.1) is 13.1 Å². The molecule has 0 aliphatic carbocycles. The van der Waals surface area contributed by atoms with Crippen molar-refractivity contribution in [3.63, 3.8) is 0 Å². The first-order valence-corrected chi connectivity index (χ1v) is 11.8. The van der Waals surface area contributed by atoms with Crippen LogP contribution in [0.2, 0.25) is 0 Å². The summed E-state index contributed by atoms with van der Waals surface area (Å²) in [5.41, 5.74) is 7.36. The lowest BCUT2D eigenvalue weighted by atomic mass is 9.95. The predicted molar refractivity (Wildman–Crippen MR) is 135 cm³/mol. The molecule has 9 nitrogen and oxygen atoms in total. The third-order valence-electron chi connectivity index (χ3n) is 6.47. The van der Waals surface area contributed by atoms with Crippen LogP contribution in [0.1, 0.15) is 45.2 Å². The minimum atomic E-state index is -0.739. The first kappa shape index (κ1) is 24.9. The van der Waals surface area contributed by atoms with Gasteiger partial charge < -0.3 is 16.0 Å². The normalized spacial score (nSPS) is 12.8. The topological polar surface area (TPSA) is 119 Å². The second kappa shape index (κ2) is 10.2. The number of rotatable bonds is 7. The van der Waals surface area contributed by atoms with Crippen LogP contribution < -0.4 is 27.2 Å². The highest BCUT2D eigenvalue weighted by Crippen LogP contribution is 2.30. The van der Waals surface area contributed by atoms with Gasteiger partial charge in [-0.3, -0.25) is 23.5 Å². The van der Waals surface area contributed by atoms with Gasteiger partial charge in [-0.1, -0.05) is 18.2 Å². The number of carbonyl (C=O) groups excluding carboxylic acids is 2.